The standard InChI is InChI=1S/C20H25N3O3/c1-25-17-10-8-15(12-18(17)26-2)22-19-11-9-16(13-21-19)23-20(24)14-6-4-3-5-7-14/h8-14H,3-7H2,1-2H3,(H,21,22)(H,23,24). The molecule has 1 aromatic heterocycles. The molecule has 2 aromatic rings. The molecule has 1 aromatic carbocycles. The third-order valence-corrected chi connectivity index (χ3v) is 4.66. The molecule has 0 unspecified atom stereocenters. The molecule has 26 heavy (non-hydrogen) atoms. The van der Waals surface area contributed by atoms with Gasteiger partial charge in [-0.3, -0.25) is 4.79 Å². The van der Waals surface area contributed by atoms with Crippen molar-refractivity contribution in [2.45, 2.75) is 32.1 Å². The number of carbonyl (C=O) groups is 1. The molecular weight excluding hydrogens is 330 g/mol. The molecule has 6 heteroatoms. The van der Waals surface area contributed by atoms with E-state index in [1.165, 1.54) is 6.42 Å². The number of rotatable bonds is 6. The number of carbonyl (C=O) groups excluding carboxylic acids is 1. The molecule has 0 spiro atoms. The van der Waals surface area contributed by atoms with Crippen LogP contribution in [-0.2, 0) is 4.79 Å². The number of amides is 1. The van der Waals surface area contributed by atoms with Crippen LogP contribution in [0, 0.1) is 5.92 Å². The van der Waals surface area contributed by atoms with Crippen molar-refractivity contribution in [1.82, 2.24) is 4.98 Å². The van der Waals surface area contributed by atoms with Gasteiger partial charge in [-0.25, -0.2) is 4.98 Å². The maximum absolute atomic E-state index is 12.3. The topological polar surface area (TPSA) is 72.5 Å². The first-order chi connectivity index (χ1) is 12.7. The van der Waals surface area contributed by atoms with Crippen LogP contribution in [0.2, 0.25) is 0 Å². The van der Waals surface area contributed by atoms with Crippen molar-refractivity contribution in [3.05, 3.63) is 36.5 Å². The minimum Gasteiger partial charge on any atom is -0.493 e. The molecule has 2 N–H and O–H groups in total. The lowest BCUT2D eigenvalue weighted by atomic mass is 9.88. The summed E-state index contributed by atoms with van der Waals surface area (Å²) in [6.45, 7) is 0. The molecule has 1 heterocycles. The molecule has 0 bridgehead atoms. The van der Waals surface area contributed by atoms with Crippen LogP contribution in [-0.4, -0.2) is 25.1 Å². The van der Waals surface area contributed by atoms with Gasteiger partial charge in [-0.05, 0) is 37.1 Å². The van der Waals surface area contributed by atoms with Crippen LogP contribution >= 0.6 is 0 Å². The van der Waals surface area contributed by atoms with Crippen LogP contribution < -0.4 is 20.1 Å². The largest absolute Gasteiger partial charge is 0.493 e. The molecule has 1 amide bonds. The van der Waals surface area contributed by atoms with E-state index in [1.807, 2.05) is 30.3 Å². The van der Waals surface area contributed by atoms with Crippen molar-refractivity contribution in [1.29, 1.82) is 0 Å². The van der Waals surface area contributed by atoms with Gasteiger partial charge in [-0.1, -0.05) is 19.3 Å². The second-order valence-corrected chi connectivity index (χ2v) is 6.45. The van der Waals surface area contributed by atoms with E-state index < -0.39 is 0 Å². The van der Waals surface area contributed by atoms with E-state index >= 15 is 0 Å². The van der Waals surface area contributed by atoms with Crippen molar-refractivity contribution in [2.24, 2.45) is 5.92 Å². The first-order valence-electron chi connectivity index (χ1n) is 8.95. The fourth-order valence-corrected chi connectivity index (χ4v) is 3.21. The molecule has 1 saturated carbocycles. The quantitative estimate of drug-likeness (QED) is 0.805. The van der Waals surface area contributed by atoms with Crippen molar-refractivity contribution in [2.75, 3.05) is 24.9 Å². The first-order valence-corrected chi connectivity index (χ1v) is 8.95. The predicted molar refractivity (Wildman–Crippen MR) is 102 cm³/mol. The summed E-state index contributed by atoms with van der Waals surface area (Å²) in [6, 6.07) is 9.27. The van der Waals surface area contributed by atoms with E-state index in [2.05, 4.69) is 15.6 Å². The maximum atomic E-state index is 12.3. The summed E-state index contributed by atoms with van der Waals surface area (Å²) >= 11 is 0. The molecule has 3 rings (SSSR count). The smallest absolute Gasteiger partial charge is 0.227 e. The Morgan fingerprint density at radius 2 is 1.73 bits per heavy atom. The summed E-state index contributed by atoms with van der Waals surface area (Å²) in [7, 11) is 3.20. The maximum Gasteiger partial charge on any atom is 0.227 e. The van der Waals surface area contributed by atoms with E-state index in [1.54, 1.807) is 20.4 Å². The van der Waals surface area contributed by atoms with Gasteiger partial charge in [0, 0.05) is 17.7 Å². The highest BCUT2D eigenvalue weighted by atomic mass is 16.5. The number of hydrogen-bond acceptors (Lipinski definition) is 5. The lowest BCUT2D eigenvalue weighted by Gasteiger charge is -2.20. The average Bonchev–Trinajstić information content (AvgIpc) is 2.70. The van der Waals surface area contributed by atoms with Gasteiger partial charge in [-0.2, -0.15) is 0 Å². The second-order valence-electron chi connectivity index (χ2n) is 6.45. The van der Waals surface area contributed by atoms with Gasteiger partial charge in [0.2, 0.25) is 5.91 Å². The molecule has 0 saturated heterocycles. The third kappa shape index (κ3) is 4.45. The van der Waals surface area contributed by atoms with E-state index in [9.17, 15) is 4.79 Å². The molecule has 6 nitrogen and oxygen atoms in total. The average molecular weight is 355 g/mol. The summed E-state index contributed by atoms with van der Waals surface area (Å²) in [5.41, 5.74) is 1.56. The number of methoxy groups -OCH3 is 2. The van der Waals surface area contributed by atoms with E-state index in [-0.39, 0.29) is 11.8 Å². The van der Waals surface area contributed by atoms with Crippen LogP contribution in [0.1, 0.15) is 32.1 Å². The predicted octanol–water partition coefficient (Wildman–Crippen LogP) is 4.36. The van der Waals surface area contributed by atoms with Gasteiger partial charge in [-0.15, -0.1) is 0 Å². The molecule has 0 atom stereocenters. The van der Waals surface area contributed by atoms with Crippen LogP contribution in [0.25, 0.3) is 0 Å². The Kier molecular flexibility index (Phi) is 5.94. The Morgan fingerprint density at radius 1 is 1.00 bits per heavy atom. The number of nitrogens with one attached hydrogen (secondary N) is 2. The molecule has 1 fully saturated rings. The minimum atomic E-state index is 0.104. The Morgan fingerprint density at radius 3 is 2.38 bits per heavy atom. The fraction of sp³-hybridized carbons (Fsp3) is 0.400. The molecule has 0 aliphatic heterocycles. The Labute approximate surface area is 153 Å². The number of anilines is 3. The normalized spacial score (nSPS) is 14.5. The van der Waals surface area contributed by atoms with Crippen LogP contribution in [0.5, 0.6) is 11.5 Å². The highest BCUT2D eigenvalue weighted by molar-refractivity contribution is 5.92. The minimum absolute atomic E-state index is 0.104. The van der Waals surface area contributed by atoms with Crippen LogP contribution in [0.4, 0.5) is 17.2 Å². The van der Waals surface area contributed by atoms with E-state index in [4.69, 9.17) is 9.47 Å². The number of nitrogens with zero attached hydrogens (tertiary/aromatic N) is 1. The van der Waals surface area contributed by atoms with Crippen LogP contribution in [0.3, 0.4) is 0 Å². The van der Waals surface area contributed by atoms with E-state index in [0.29, 0.717) is 17.3 Å². The first kappa shape index (κ1) is 18.0. The van der Waals surface area contributed by atoms with Gasteiger partial charge >= 0.3 is 0 Å². The Hall–Kier alpha value is -2.76. The highest BCUT2D eigenvalue weighted by Crippen LogP contribution is 2.31. The monoisotopic (exact) mass is 355 g/mol. The molecule has 1 aliphatic rings. The van der Waals surface area contributed by atoms with Gasteiger partial charge < -0.3 is 20.1 Å². The fourth-order valence-electron chi connectivity index (χ4n) is 3.21. The summed E-state index contributed by atoms with van der Waals surface area (Å²) in [5.74, 6) is 2.24. The van der Waals surface area contributed by atoms with Gasteiger partial charge in [0.05, 0.1) is 26.1 Å². The zero-order chi connectivity index (χ0) is 18.4. The summed E-state index contributed by atoms with van der Waals surface area (Å²) in [4.78, 5) is 16.7. The van der Waals surface area contributed by atoms with E-state index in [0.717, 1.165) is 37.1 Å². The number of benzene rings is 1. The lowest BCUT2D eigenvalue weighted by molar-refractivity contribution is -0.120. The van der Waals surface area contributed by atoms with Crippen LogP contribution in [0.15, 0.2) is 36.5 Å². The molecular formula is C20H25N3O3. The molecule has 0 radical (unpaired) electrons. The SMILES string of the molecule is COc1ccc(Nc2ccc(NC(=O)C3CCCCC3)cn2)cc1OC. The summed E-state index contributed by atoms with van der Waals surface area (Å²) < 4.78 is 10.5. The second kappa shape index (κ2) is 8.56. The third-order valence-electron chi connectivity index (χ3n) is 4.66. The van der Waals surface area contributed by atoms with Crippen molar-refractivity contribution < 1.29 is 14.3 Å². The molecule has 1 aliphatic carbocycles. The zero-order valence-corrected chi connectivity index (χ0v) is 15.2. The summed E-state index contributed by atoms with van der Waals surface area (Å²) in [6.07, 6.45) is 7.16. The summed E-state index contributed by atoms with van der Waals surface area (Å²) in [5, 5.41) is 6.18. The van der Waals surface area contributed by atoms with Crippen molar-refractivity contribution in [3.8, 4) is 11.5 Å². The van der Waals surface area contributed by atoms with Gasteiger partial charge in [0.15, 0.2) is 11.5 Å². The highest BCUT2D eigenvalue weighted by Gasteiger charge is 2.21. The van der Waals surface area contributed by atoms with Crippen molar-refractivity contribution in [3.63, 3.8) is 0 Å². The number of pyridine rings is 1. The number of hydrogen-bond donors (Lipinski definition) is 2. The zero-order valence-electron chi connectivity index (χ0n) is 15.2. The Bertz CT molecular complexity index is 740. The van der Waals surface area contributed by atoms with Gasteiger partial charge in [0.1, 0.15) is 5.82 Å². The Balaban J connectivity index is 1.61. The molecule has 138 valence electrons. The van der Waals surface area contributed by atoms with Crippen molar-refractivity contribution >= 4 is 23.1 Å². The number of aromatic nitrogens is 1. The lowest BCUT2D eigenvalue weighted by Crippen LogP contribution is -2.24. The number of ether oxygens (including phenoxy) is 2. The van der Waals surface area contributed by atoms with Gasteiger partial charge in [0.25, 0.3) is 0 Å².